The third-order valence-corrected chi connectivity index (χ3v) is 6.67. The van der Waals surface area contributed by atoms with Crippen molar-refractivity contribution < 1.29 is 23.9 Å². The van der Waals surface area contributed by atoms with Gasteiger partial charge in [-0.05, 0) is 43.1 Å². The largest absolute Gasteiger partial charge is 0.545 e. The van der Waals surface area contributed by atoms with E-state index in [1.54, 1.807) is 12.1 Å². The van der Waals surface area contributed by atoms with E-state index < -0.39 is 13.1 Å². The van der Waals surface area contributed by atoms with Crippen molar-refractivity contribution in [3.05, 3.63) is 23.8 Å². The molecule has 6 heteroatoms. The van der Waals surface area contributed by atoms with Gasteiger partial charge in [0.1, 0.15) is 5.75 Å². The summed E-state index contributed by atoms with van der Waals surface area (Å²) in [5, 5.41) is 11.3. The van der Waals surface area contributed by atoms with E-state index in [0.717, 1.165) is 6.42 Å². The molecule has 1 aromatic carbocycles. The predicted octanol–water partition coefficient (Wildman–Crippen LogP) is 0.994. The van der Waals surface area contributed by atoms with Crippen LogP contribution in [0.5, 0.6) is 5.75 Å². The maximum absolute atomic E-state index is 11.3. The topological polar surface area (TPSA) is 67.8 Å². The fraction of sp³-hybridized carbons (Fsp3) is 0.611. The lowest BCUT2D eigenvalue weighted by Crippen LogP contribution is -2.65. The van der Waals surface area contributed by atoms with Gasteiger partial charge in [0, 0.05) is 11.0 Å². The average molecular weight is 329 g/mol. The number of benzene rings is 1. The fourth-order valence-electron chi connectivity index (χ4n) is 5.13. The van der Waals surface area contributed by atoms with Crippen LogP contribution in [0.15, 0.2) is 18.2 Å². The number of carbonyl (C=O) groups excluding carboxylic acids is 1. The highest BCUT2D eigenvalue weighted by Crippen LogP contribution is 2.65. The normalized spacial score (nSPS) is 36.0. The smallest absolute Gasteiger partial charge is 0.498 e. The van der Waals surface area contributed by atoms with Gasteiger partial charge in [0.25, 0.3) is 0 Å². The van der Waals surface area contributed by atoms with E-state index >= 15 is 0 Å². The Morgan fingerprint density at radius 2 is 2.08 bits per heavy atom. The SMILES string of the molecule is COc1c(B2O[C@@H]3C[C@@H]4C[C@@H](C4(C)C)[C@]3(C)O2)cccc1C(=O)[O-]. The summed E-state index contributed by atoms with van der Waals surface area (Å²) in [4.78, 5) is 11.3. The van der Waals surface area contributed by atoms with Gasteiger partial charge in [0.15, 0.2) is 0 Å². The molecule has 0 radical (unpaired) electrons. The van der Waals surface area contributed by atoms with Crippen molar-refractivity contribution in [3.8, 4) is 5.75 Å². The van der Waals surface area contributed by atoms with Gasteiger partial charge in [0.05, 0.1) is 24.8 Å². The molecule has 5 nitrogen and oxygen atoms in total. The molecule has 0 unspecified atom stereocenters. The summed E-state index contributed by atoms with van der Waals surface area (Å²) in [5.41, 5.74) is 0.558. The van der Waals surface area contributed by atoms with E-state index in [0.29, 0.717) is 17.3 Å². The lowest BCUT2D eigenvalue weighted by molar-refractivity contribution is -0.255. The van der Waals surface area contributed by atoms with E-state index in [1.165, 1.54) is 19.6 Å². The molecule has 128 valence electrons. The van der Waals surface area contributed by atoms with E-state index in [9.17, 15) is 9.90 Å². The zero-order chi connectivity index (χ0) is 17.3. The first kappa shape index (κ1) is 16.0. The Kier molecular flexibility index (Phi) is 3.32. The minimum atomic E-state index is -1.27. The van der Waals surface area contributed by atoms with Crippen molar-refractivity contribution in [1.29, 1.82) is 0 Å². The first-order valence-corrected chi connectivity index (χ1v) is 8.50. The molecule has 0 amide bonds. The number of hydrogen-bond donors (Lipinski definition) is 0. The van der Waals surface area contributed by atoms with Crippen molar-refractivity contribution in [2.75, 3.05) is 7.11 Å². The quantitative estimate of drug-likeness (QED) is 0.774. The highest BCUT2D eigenvalue weighted by molar-refractivity contribution is 6.63. The van der Waals surface area contributed by atoms with E-state index in [-0.39, 0.29) is 28.4 Å². The van der Waals surface area contributed by atoms with Gasteiger partial charge in [0.2, 0.25) is 0 Å². The Labute approximate surface area is 142 Å². The van der Waals surface area contributed by atoms with E-state index in [2.05, 4.69) is 20.8 Å². The van der Waals surface area contributed by atoms with Crippen LogP contribution in [0.2, 0.25) is 0 Å². The van der Waals surface area contributed by atoms with Crippen molar-refractivity contribution in [2.24, 2.45) is 17.3 Å². The highest BCUT2D eigenvalue weighted by atomic mass is 16.7. The van der Waals surface area contributed by atoms with Crippen LogP contribution in [-0.2, 0) is 9.31 Å². The van der Waals surface area contributed by atoms with Crippen LogP contribution in [0.4, 0.5) is 0 Å². The molecule has 1 heterocycles. The third kappa shape index (κ3) is 1.93. The predicted molar refractivity (Wildman–Crippen MR) is 87.1 cm³/mol. The maximum Gasteiger partial charge on any atom is 0.498 e. The molecule has 4 aliphatic rings. The lowest BCUT2D eigenvalue weighted by Gasteiger charge is -2.64. The molecule has 3 saturated carbocycles. The van der Waals surface area contributed by atoms with Gasteiger partial charge in [-0.3, -0.25) is 0 Å². The van der Waals surface area contributed by atoms with Crippen LogP contribution in [0, 0.1) is 17.3 Å². The summed E-state index contributed by atoms with van der Waals surface area (Å²) in [6.45, 7) is 6.75. The number of carbonyl (C=O) groups is 1. The van der Waals surface area contributed by atoms with Gasteiger partial charge in [-0.2, -0.15) is 0 Å². The summed E-state index contributed by atoms with van der Waals surface area (Å²) in [6.07, 6.45) is 2.20. The van der Waals surface area contributed by atoms with Crippen LogP contribution in [0.3, 0.4) is 0 Å². The Hall–Kier alpha value is -1.53. The summed E-state index contributed by atoms with van der Waals surface area (Å²) in [5.74, 6) is 0.114. The zero-order valence-corrected chi connectivity index (χ0v) is 14.5. The molecule has 3 aliphatic carbocycles. The summed E-state index contributed by atoms with van der Waals surface area (Å²) >= 11 is 0. The number of carboxylic acids is 1. The maximum atomic E-state index is 11.3. The molecule has 0 spiro atoms. The van der Waals surface area contributed by atoms with Crippen LogP contribution >= 0.6 is 0 Å². The molecule has 4 fully saturated rings. The lowest BCUT2D eigenvalue weighted by atomic mass is 9.43. The van der Waals surface area contributed by atoms with Gasteiger partial charge in [-0.25, -0.2) is 0 Å². The second-order valence-electron chi connectivity index (χ2n) is 8.02. The Morgan fingerprint density at radius 1 is 1.33 bits per heavy atom. The van der Waals surface area contributed by atoms with Crippen molar-refractivity contribution >= 4 is 18.6 Å². The standard InChI is InChI=1S/C18H23BO5/c1-17(2)10-8-13(17)18(3)14(9-10)23-19(24-18)12-7-5-6-11(16(20)21)15(12)22-4/h5-7,10,13-14H,8-9H2,1-4H3,(H,20,21)/p-1/t10-,13-,14+,18-/m0/s1. The summed E-state index contributed by atoms with van der Waals surface area (Å²) in [6, 6.07) is 4.94. The molecule has 5 rings (SSSR count). The molecule has 0 N–H and O–H groups in total. The third-order valence-electron chi connectivity index (χ3n) is 6.67. The number of ether oxygens (including phenoxy) is 1. The van der Waals surface area contributed by atoms with Gasteiger partial charge in [-0.15, -0.1) is 0 Å². The number of para-hydroxylation sites is 1. The first-order valence-electron chi connectivity index (χ1n) is 8.50. The first-order chi connectivity index (χ1) is 11.3. The molecule has 0 aromatic heterocycles. The van der Waals surface area contributed by atoms with Crippen LogP contribution < -0.4 is 15.3 Å². The molecule has 1 saturated heterocycles. The van der Waals surface area contributed by atoms with Crippen LogP contribution in [-0.4, -0.2) is 31.9 Å². The van der Waals surface area contributed by atoms with Gasteiger partial charge < -0.3 is 23.9 Å². The Bertz CT molecular complexity index is 703. The van der Waals surface area contributed by atoms with Crippen LogP contribution in [0.25, 0.3) is 0 Å². The van der Waals surface area contributed by atoms with Gasteiger partial charge >= 0.3 is 7.12 Å². The molecular formula is C18H22BO5-. The second kappa shape index (κ2) is 4.99. The molecule has 1 aromatic rings. The molecule has 1 aliphatic heterocycles. The Balaban J connectivity index is 1.69. The van der Waals surface area contributed by atoms with Crippen molar-refractivity contribution in [1.82, 2.24) is 0 Å². The minimum Gasteiger partial charge on any atom is -0.545 e. The molecule has 4 atom stereocenters. The summed E-state index contributed by atoms with van der Waals surface area (Å²) < 4.78 is 17.9. The number of methoxy groups -OCH3 is 1. The fourth-order valence-corrected chi connectivity index (χ4v) is 5.13. The highest BCUT2D eigenvalue weighted by Gasteiger charge is 2.68. The van der Waals surface area contributed by atoms with Crippen molar-refractivity contribution in [2.45, 2.75) is 45.3 Å². The number of aromatic carboxylic acids is 1. The zero-order valence-electron chi connectivity index (χ0n) is 14.5. The van der Waals surface area contributed by atoms with E-state index in [4.69, 9.17) is 14.0 Å². The molecular weight excluding hydrogens is 307 g/mol. The second-order valence-corrected chi connectivity index (χ2v) is 8.02. The van der Waals surface area contributed by atoms with Crippen LogP contribution in [0.1, 0.15) is 44.0 Å². The molecule has 24 heavy (non-hydrogen) atoms. The Morgan fingerprint density at radius 3 is 2.71 bits per heavy atom. The van der Waals surface area contributed by atoms with Crippen molar-refractivity contribution in [3.63, 3.8) is 0 Å². The monoisotopic (exact) mass is 329 g/mol. The minimum absolute atomic E-state index is 0.0202. The average Bonchev–Trinajstić information content (AvgIpc) is 2.90. The molecule has 2 bridgehead atoms. The van der Waals surface area contributed by atoms with Gasteiger partial charge in [-0.1, -0.05) is 26.0 Å². The number of rotatable bonds is 3. The summed E-state index contributed by atoms with van der Waals surface area (Å²) in [7, 11) is 0.846. The number of carboxylic acid groups (broad SMARTS) is 1. The number of hydrogen-bond acceptors (Lipinski definition) is 5. The van der Waals surface area contributed by atoms with E-state index in [1.807, 2.05) is 0 Å².